The molecule has 0 aromatic heterocycles. The van der Waals surface area contributed by atoms with Crippen molar-refractivity contribution < 1.29 is 36.3 Å². The lowest BCUT2D eigenvalue weighted by atomic mass is 10.0. The molecule has 2 amide bonds. The number of hydrogen-bond donors (Lipinski definition) is 2. The van der Waals surface area contributed by atoms with Gasteiger partial charge in [-0.1, -0.05) is 26.7 Å². The largest absolute Gasteiger partial charge is 1.00 e. The van der Waals surface area contributed by atoms with Crippen LogP contribution in [-0.2, 0) is 9.59 Å². The molecule has 1 aromatic carbocycles. The zero-order valence-corrected chi connectivity index (χ0v) is 23.8. The first-order valence-electron chi connectivity index (χ1n) is 12.4. The predicted octanol–water partition coefficient (Wildman–Crippen LogP) is 0.162. The molecule has 0 aliphatic carbocycles. The molecule has 14 heteroatoms. The Morgan fingerprint density at radius 2 is 1.63 bits per heavy atom. The number of likely N-dealkylation sites (N-methyl/N-ethyl adjacent to an activating group) is 1. The number of hydrazone groups is 1. The summed E-state index contributed by atoms with van der Waals surface area (Å²) in [5, 5.41) is 29.3. The number of quaternary nitrogens is 1. The number of unbranched alkanes of at least 4 members (excludes halogenated alkanes) is 2. The number of anilines is 1. The van der Waals surface area contributed by atoms with E-state index in [1.807, 2.05) is 21.1 Å². The van der Waals surface area contributed by atoms with Gasteiger partial charge in [-0.3, -0.25) is 29.8 Å². The molecule has 0 radical (unpaired) electrons. The second-order valence-electron chi connectivity index (χ2n) is 10.0. The van der Waals surface area contributed by atoms with Crippen molar-refractivity contribution in [2.45, 2.75) is 46.5 Å². The smallest absolute Gasteiger partial charge is 0.299 e. The van der Waals surface area contributed by atoms with Gasteiger partial charge in [-0.25, -0.2) is 5.43 Å². The van der Waals surface area contributed by atoms with E-state index < -0.39 is 33.0 Å². The molecule has 0 saturated heterocycles. The molecule has 1 rings (SSSR count). The summed E-state index contributed by atoms with van der Waals surface area (Å²) in [7, 11) is 5.59. The van der Waals surface area contributed by atoms with Gasteiger partial charge in [-0.2, -0.15) is 5.10 Å². The lowest BCUT2D eigenvalue weighted by molar-refractivity contribution is -0.862. The van der Waals surface area contributed by atoms with Crippen LogP contribution in [0.1, 0.15) is 46.5 Å². The van der Waals surface area contributed by atoms with Crippen LogP contribution in [0.3, 0.4) is 0 Å². The number of nitro benzene ring substituents is 2. The maximum Gasteiger partial charge on any atom is 0.299 e. The number of carbonyl (C=O) groups is 2. The van der Waals surface area contributed by atoms with E-state index in [1.165, 1.54) is 0 Å². The summed E-state index contributed by atoms with van der Waals surface area (Å²) in [5.41, 5.74) is 1.65. The molecule has 2 N–H and O–H groups in total. The number of benzene rings is 1. The van der Waals surface area contributed by atoms with E-state index in [4.69, 9.17) is 0 Å². The van der Waals surface area contributed by atoms with Gasteiger partial charge in [0.1, 0.15) is 5.69 Å². The summed E-state index contributed by atoms with van der Waals surface area (Å²) in [6, 6.07) is 3.05. The Morgan fingerprint density at radius 3 is 2.11 bits per heavy atom. The van der Waals surface area contributed by atoms with Crippen molar-refractivity contribution in [1.29, 1.82) is 0 Å². The van der Waals surface area contributed by atoms with Gasteiger partial charge >= 0.3 is 0 Å². The molecule has 1 unspecified atom stereocenters. The normalized spacial score (nSPS) is 12.4. The number of halogens is 1. The van der Waals surface area contributed by atoms with Gasteiger partial charge in [0.05, 0.1) is 43.0 Å². The van der Waals surface area contributed by atoms with Crippen LogP contribution in [-0.4, -0.2) is 84.1 Å². The van der Waals surface area contributed by atoms with Crippen molar-refractivity contribution in [2.24, 2.45) is 11.0 Å². The third-order valence-electron chi connectivity index (χ3n) is 5.54. The molecular formula is C24H40ClN7O6. The van der Waals surface area contributed by atoms with Gasteiger partial charge < -0.3 is 27.1 Å². The van der Waals surface area contributed by atoms with Crippen molar-refractivity contribution in [2.75, 3.05) is 52.6 Å². The first-order valence-corrected chi connectivity index (χ1v) is 12.4. The van der Waals surface area contributed by atoms with Crippen molar-refractivity contribution in [3.05, 3.63) is 38.4 Å². The monoisotopic (exact) mass is 557 g/mol. The molecule has 0 aliphatic heterocycles. The number of nitro groups is 2. The van der Waals surface area contributed by atoms with E-state index in [9.17, 15) is 29.8 Å². The summed E-state index contributed by atoms with van der Waals surface area (Å²) in [6.45, 7) is 7.78. The maximum absolute atomic E-state index is 13.4. The van der Waals surface area contributed by atoms with Crippen LogP contribution in [0.4, 0.5) is 17.1 Å². The van der Waals surface area contributed by atoms with Gasteiger partial charge in [-0.15, -0.1) is 0 Å². The molecule has 0 saturated carbocycles. The molecule has 0 aliphatic rings. The fourth-order valence-corrected chi connectivity index (χ4v) is 3.53. The third kappa shape index (κ3) is 12.4. The minimum Gasteiger partial charge on any atom is -1.00 e. The Kier molecular flexibility index (Phi) is 15.3. The zero-order chi connectivity index (χ0) is 28.2. The quantitative estimate of drug-likeness (QED) is 0.127. The number of hydrogen-bond acceptors (Lipinski definition) is 8. The predicted molar refractivity (Wildman–Crippen MR) is 142 cm³/mol. The highest BCUT2D eigenvalue weighted by Gasteiger charge is 2.28. The number of non-ortho nitro benzene ring substituents is 1. The molecular weight excluding hydrogens is 518 g/mol. The highest BCUT2D eigenvalue weighted by Crippen LogP contribution is 2.29. The van der Waals surface area contributed by atoms with E-state index in [1.54, 1.807) is 6.92 Å². The highest BCUT2D eigenvalue weighted by molar-refractivity contribution is 6.09. The second-order valence-corrected chi connectivity index (χ2v) is 10.0. The molecule has 1 atom stereocenters. The lowest BCUT2D eigenvalue weighted by Crippen LogP contribution is -3.00. The number of rotatable bonds is 16. The number of nitrogens with one attached hydrogen (secondary N) is 2. The Hall–Kier alpha value is -3.16. The number of nitrogens with zero attached hydrogens (tertiary/aromatic N) is 5. The van der Waals surface area contributed by atoms with Crippen LogP contribution in [0.2, 0.25) is 0 Å². The van der Waals surface area contributed by atoms with Gasteiger partial charge in [0.25, 0.3) is 17.3 Å². The Bertz CT molecular complexity index is 989. The average Bonchev–Trinajstić information content (AvgIpc) is 2.80. The Morgan fingerprint density at radius 1 is 1.05 bits per heavy atom. The van der Waals surface area contributed by atoms with Gasteiger partial charge in [0.15, 0.2) is 6.54 Å². The van der Waals surface area contributed by atoms with Crippen molar-refractivity contribution in [1.82, 2.24) is 10.3 Å². The molecule has 38 heavy (non-hydrogen) atoms. The zero-order valence-electron chi connectivity index (χ0n) is 23.0. The maximum atomic E-state index is 13.4. The van der Waals surface area contributed by atoms with Crippen LogP contribution >= 0.6 is 0 Å². The number of carbonyl (C=O) groups excluding carboxylic acids is 2. The Labute approximate surface area is 229 Å². The van der Waals surface area contributed by atoms with Gasteiger partial charge in [-0.05, 0) is 38.9 Å². The molecule has 0 bridgehead atoms. The van der Waals surface area contributed by atoms with Crippen LogP contribution < -0.4 is 23.1 Å². The van der Waals surface area contributed by atoms with Crippen LogP contribution in [0.25, 0.3) is 0 Å². The van der Waals surface area contributed by atoms with E-state index >= 15 is 0 Å². The van der Waals surface area contributed by atoms with Crippen LogP contribution in [0, 0.1) is 26.1 Å². The van der Waals surface area contributed by atoms with Crippen LogP contribution in [0.15, 0.2) is 23.3 Å². The molecule has 13 nitrogen and oxygen atoms in total. The van der Waals surface area contributed by atoms with E-state index in [0.29, 0.717) is 16.7 Å². The average molecular weight is 558 g/mol. The van der Waals surface area contributed by atoms with Crippen molar-refractivity contribution in [3.8, 4) is 0 Å². The highest BCUT2D eigenvalue weighted by atomic mass is 35.5. The molecule has 0 spiro atoms. The minimum absolute atomic E-state index is 0. The topological polar surface area (TPSA) is 160 Å². The Balaban J connectivity index is 0.0000137. The molecule has 0 fully saturated rings. The van der Waals surface area contributed by atoms with E-state index in [2.05, 4.69) is 34.6 Å². The molecule has 1 aromatic rings. The SMILES string of the molecule is CCCCN(CCCC)CC(C(=O)Nc1ccc([N+](=O)[O-])cc1[N+](=O)[O-])/C(C)=N\NC(=O)C[N+](C)(C)C.[Cl-]. The summed E-state index contributed by atoms with van der Waals surface area (Å²) in [4.78, 5) is 48.9. The standard InChI is InChI=1S/C24H39N7O6.ClH/c1-7-9-13-28(14-10-8-2)16-20(18(3)26-27-23(32)17-31(4,5)6)24(33)25-21-12-11-19(29(34)35)15-22(21)30(36)37;/h11-12,15,20H,7-10,13-14,16-17H2,1-6H3,(H-,25,27,32,33);1H/b26-18-;. The van der Waals surface area contributed by atoms with Crippen molar-refractivity contribution >= 4 is 34.6 Å². The molecule has 214 valence electrons. The first kappa shape index (κ1) is 34.8. The summed E-state index contributed by atoms with van der Waals surface area (Å²) >= 11 is 0. The fraction of sp³-hybridized carbons (Fsp3) is 0.625. The first-order chi connectivity index (χ1) is 17.3. The minimum atomic E-state index is -0.826. The third-order valence-corrected chi connectivity index (χ3v) is 5.54. The number of amides is 2. The summed E-state index contributed by atoms with van der Waals surface area (Å²) in [5.74, 6) is -1.70. The summed E-state index contributed by atoms with van der Waals surface area (Å²) < 4.78 is 0.399. The van der Waals surface area contributed by atoms with Crippen molar-refractivity contribution in [3.63, 3.8) is 0 Å². The second kappa shape index (κ2) is 16.6. The summed E-state index contributed by atoms with van der Waals surface area (Å²) in [6.07, 6.45) is 3.82. The van der Waals surface area contributed by atoms with Gasteiger partial charge in [0, 0.05) is 18.3 Å². The molecule has 0 heterocycles. The van der Waals surface area contributed by atoms with E-state index in [0.717, 1.165) is 57.0 Å². The van der Waals surface area contributed by atoms with Crippen LogP contribution in [0.5, 0.6) is 0 Å². The van der Waals surface area contributed by atoms with Gasteiger partial charge in [0.2, 0.25) is 5.91 Å². The fourth-order valence-electron chi connectivity index (χ4n) is 3.53. The van der Waals surface area contributed by atoms with E-state index in [-0.39, 0.29) is 30.5 Å². The lowest BCUT2D eigenvalue weighted by Gasteiger charge is -2.27.